The molecule has 0 fully saturated rings. The van der Waals surface area contributed by atoms with Gasteiger partial charge in [-0.05, 0) is 43.4 Å². The van der Waals surface area contributed by atoms with Crippen LogP contribution in [0.2, 0.25) is 0 Å². The minimum Gasteiger partial charge on any atom is -0.422 e. The van der Waals surface area contributed by atoms with Gasteiger partial charge in [0.1, 0.15) is 11.1 Å². The molecule has 2 aliphatic rings. The summed E-state index contributed by atoms with van der Waals surface area (Å²) in [5.74, 6) is 1.84. The van der Waals surface area contributed by atoms with Crippen molar-refractivity contribution in [3.05, 3.63) is 39.2 Å². The molecule has 0 atom stereocenters. The first-order valence-corrected chi connectivity index (χ1v) is 8.28. The smallest absolute Gasteiger partial charge is 0.349 e. The molecule has 1 aromatic heterocycles. The van der Waals surface area contributed by atoms with Crippen molar-refractivity contribution in [3.63, 3.8) is 0 Å². The highest BCUT2D eigenvalue weighted by atomic mass is 16.4. The maximum atomic E-state index is 12.3. The van der Waals surface area contributed by atoms with Crippen LogP contribution >= 0.6 is 0 Å². The molecule has 1 N–H and O–H groups in total. The molecular weight excluding hydrogens is 304 g/mol. The summed E-state index contributed by atoms with van der Waals surface area (Å²) < 4.78 is 5.57. The molecule has 2 aromatic rings. The fourth-order valence-electron chi connectivity index (χ4n) is 3.83. The average molecular weight is 322 g/mol. The largest absolute Gasteiger partial charge is 0.422 e. The van der Waals surface area contributed by atoms with Crippen LogP contribution in [0.4, 0.5) is 5.69 Å². The molecule has 122 valence electrons. The molecule has 0 saturated heterocycles. The Morgan fingerprint density at radius 1 is 1.29 bits per heavy atom. The summed E-state index contributed by atoms with van der Waals surface area (Å²) in [7, 11) is 0. The van der Waals surface area contributed by atoms with Gasteiger partial charge in [-0.15, -0.1) is 6.42 Å². The van der Waals surface area contributed by atoms with Crippen molar-refractivity contribution in [2.24, 2.45) is 0 Å². The number of terminal acetylenes is 1. The van der Waals surface area contributed by atoms with Crippen LogP contribution in [0.15, 0.2) is 21.3 Å². The molecule has 24 heavy (non-hydrogen) atoms. The van der Waals surface area contributed by atoms with Crippen molar-refractivity contribution in [2.45, 2.75) is 25.7 Å². The molecule has 5 nitrogen and oxygen atoms in total. The molecule has 0 bridgehead atoms. The summed E-state index contributed by atoms with van der Waals surface area (Å²) in [6.45, 7) is 2.20. The number of aryl methyl sites for hydroxylation is 2. The van der Waals surface area contributed by atoms with Gasteiger partial charge in [-0.1, -0.05) is 5.92 Å². The van der Waals surface area contributed by atoms with Crippen LogP contribution in [0.1, 0.15) is 34.3 Å². The van der Waals surface area contributed by atoms with Gasteiger partial charge in [0.2, 0.25) is 0 Å². The van der Waals surface area contributed by atoms with E-state index in [0.29, 0.717) is 5.58 Å². The van der Waals surface area contributed by atoms with E-state index >= 15 is 0 Å². The van der Waals surface area contributed by atoms with Crippen LogP contribution in [0.3, 0.4) is 0 Å². The van der Waals surface area contributed by atoms with Crippen LogP contribution in [-0.2, 0) is 12.8 Å². The predicted octanol–water partition coefficient (Wildman–Crippen LogP) is 1.85. The molecule has 0 radical (unpaired) electrons. The van der Waals surface area contributed by atoms with E-state index in [-0.39, 0.29) is 12.1 Å². The highest BCUT2D eigenvalue weighted by Gasteiger charge is 2.27. The second-order valence-corrected chi connectivity index (χ2v) is 6.31. The molecule has 0 unspecified atom stereocenters. The SMILES string of the molecule is C#CCNC(=O)c1cc2cc3c4c(c2oc1=O)CCCN4CCC3. The molecule has 5 heteroatoms. The van der Waals surface area contributed by atoms with Gasteiger partial charge in [0.05, 0.1) is 6.54 Å². The topological polar surface area (TPSA) is 62.6 Å². The fraction of sp³-hybridized carbons (Fsp3) is 0.368. The van der Waals surface area contributed by atoms with E-state index in [0.717, 1.165) is 49.7 Å². The first-order chi connectivity index (χ1) is 11.7. The van der Waals surface area contributed by atoms with Crippen molar-refractivity contribution < 1.29 is 9.21 Å². The van der Waals surface area contributed by atoms with Crippen molar-refractivity contribution in [1.82, 2.24) is 5.32 Å². The van der Waals surface area contributed by atoms with Crippen molar-refractivity contribution in [1.29, 1.82) is 0 Å². The van der Waals surface area contributed by atoms with Gasteiger partial charge in [0.15, 0.2) is 0 Å². The van der Waals surface area contributed by atoms with E-state index in [1.165, 1.54) is 11.3 Å². The van der Waals surface area contributed by atoms with Gasteiger partial charge in [-0.2, -0.15) is 0 Å². The summed E-state index contributed by atoms with van der Waals surface area (Å²) in [5.41, 5.74) is 3.66. The zero-order valence-corrected chi connectivity index (χ0v) is 13.4. The van der Waals surface area contributed by atoms with E-state index in [1.54, 1.807) is 6.07 Å². The minimum absolute atomic E-state index is 0.00775. The third-order valence-electron chi connectivity index (χ3n) is 4.81. The standard InChI is InChI=1S/C19H18N2O3/c1-2-7-20-18(22)15-11-13-10-12-5-3-8-21-9-4-6-14(16(12)21)17(13)24-19(15)23/h1,10-11H,3-9H2,(H,20,22). The average Bonchev–Trinajstić information content (AvgIpc) is 2.60. The number of amides is 1. The molecular formula is C19H18N2O3. The Morgan fingerprint density at radius 2 is 2.08 bits per heavy atom. The lowest BCUT2D eigenvalue weighted by molar-refractivity contribution is 0.0955. The first kappa shape index (κ1) is 14.8. The van der Waals surface area contributed by atoms with Crippen LogP contribution in [0, 0.1) is 12.3 Å². The number of fused-ring (bicyclic) bond motifs is 2. The molecule has 0 aliphatic carbocycles. The third-order valence-corrected chi connectivity index (χ3v) is 4.81. The Kier molecular flexibility index (Phi) is 3.53. The maximum Gasteiger partial charge on any atom is 0.349 e. The van der Waals surface area contributed by atoms with Gasteiger partial charge < -0.3 is 14.6 Å². The molecule has 1 aromatic carbocycles. The zero-order chi connectivity index (χ0) is 16.7. The Hall–Kier alpha value is -2.74. The summed E-state index contributed by atoms with van der Waals surface area (Å²) in [5, 5.41) is 3.34. The number of rotatable bonds is 2. The van der Waals surface area contributed by atoms with Crippen LogP contribution in [0.5, 0.6) is 0 Å². The fourth-order valence-corrected chi connectivity index (χ4v) is 3.83. The molecule has 3 heterocycles. The van der Waals surface area contributed by atoms with E-state index in [2.05, 4.69) is 22.2 Å². The monoisotopic (exact) mass is 322 g/mol. The lowest BCUT2D eigenvalue weighted by Gasteiger charge is -2.37. The molecule has 1 amide bonds. The van der Waals surface area contributed by atoms with Gasteiger partial charge >= 0.3 is 5.63 Å². The number of nitrogens with zero attached hydrogens (tertiary/aromatic N) is 1. The number of carbonyl (C=O) groups excluding carboxylic acids is 1. The number of carbonyl (C=O) groups is 1. The van der Waals surface area contributed by atoms with Crippen LogP contribution in [0.25, 0.3) is 11.0 Å². The molecule has 0 saturated carbocycles. The summed E-state index contributed by atoms with van der Waals surface area (Å²) in [4.78, 5) is 26.8. The van der Waals surface area contributed by atoms with E-state index < -0.39 is 11.5 Å². The Bertz CT molecular complexity index is 934. The normalized spacial score (nSPS) is 15.7. The number of hydrogen-bond acceptors (Lipinski definition) is 4. The summed E-state index contributed by atoms with van der Waals surface area (Å²) in [6.07, 6.45) is 9.26. The quantitative estimate of drug-likeness (QED) is 0.677. The molecule has 0 spiro atoms. The number of benzene rings is 1. The lowest BCUT2D eigenvalue weighted by Crippen LogP contribution is -2.34. The third kappa shape index (κ3) is 2.26. The molecule has 2 aliphatic heterocycles. The second-order valence-electron chi connectivity index (χ2n) is 6.31. The highest BCUT2D eigenvalue weighted by Crippen LogP contribution is 2.39. The van der Waals surface area contributed by atoms with Crippen molar-refractivity contribution >= 4 is 22.6 Å². The first-order valence-electron chi connectivity index (χ1n) is 8.28. The van der Waals surface area contributed by atoms with Crippen LogP contribution in [-0.4, -0.2) is 25.5 Å². The van der Waals surface area contributed by atoms with Gasteiger partial charge in [-0.25, -0.2) is 4.79 Å². The zero-order valence-electron chi connectivity index (χ0n) is 13.4. The van der Waals surface area contributed by atoms with Gasteiger partial charge in [-0.3, -0.25) is 4.79 Å². The van der Waals surface area contributed by atoms with E-state index in [4.69, 9.17) is 10.8 Å². The Balaban J connectivity index is 1.90. The highest BCUT2D eigenvalue weighted by molar-refractivity contribution is 5.98. The summed E-state index contributed by atoms with van der Waals surface area (Å²) >= 11 is 0. The van der Waals surface area contributed by atoms with E-state index in [1.807, 2.05) is 0 Å². The van der Waals surface area contributed by atoms with Gasteiger partial charge in [0, 0.05) is 29.7 Å². The van der Waals surface area contributed by atoms with Gasteiger partial charge in [0.25, 0.3) is 5.91 Å². The minimum atomic E-state index is -0.610. The Morgan fingerprint density at radius 3 is 2.88 bits per heavy atom. The second kappa shape index (κ2) is 5.72. The number of hydrogen-bond donors (Lipinski definition) is 1. The number of nitrogens with one attached hydrogen (secondary N) is 1. The van der Waals surface area contributed by atoms with Crippen molar-refractivity contribution in [3.8, 4) is 12.3 Å². The molecule has 4 rings (SSSR count). The predicted molar refractivity (Wildman–Crippen MR) is 92.5 cm³/mol. The Labute approximate surface area is 139 Å². The van der Waals surface area contributed by atoms with Crippen molar-refractivity contribution in [2.75, 3.05) is 24.5 Å². The van der Waals surface area contributed by atoms with E-state index in [9.17, 15) is 9.59 Å². The maximum absolute atomic E-state index is 12.3. The number of anilines is 1. The summed E-state index contributed by atoms with van der Waals surface area (Å²) in [6, 6.07) is 3.70. The van der Waals surface area contributed by atoms with Crippen LogP contribution < -0.4 is 15.8 Å². The lowest BCUT2D eigenvalue weighted by atomic mass is 9.90.